The number of ether oxygens (including phenoxy) is 1. The van der Waals surface area contributed by atoms with Crippen LogP contribution in [0.3, 0.4) is 0 Å². The molecule has 0 heterocycles. The quantitative estimate of drug-likeness (QED) is 0.920. The summed E-state index contributed by atoms with van der Waals surface area (Å²) in [6.45, 7) is 5.98. The molecule has 0 amide bonds. The van der Waals surface area contributed by atoms with Crippen molar-refractivity contribution >= 4 is 5.97 Å². The van der Waals surface area contributed by atoms with Gasteiger partial charge in [-0.3, -0.25) is 0 Å². The van der Waals surface area contributed by atoms with E-state index in [-0.39, 0.29) is 6.61 Å². The van der Waals surface area contributed by atoms with Crippen molar-refractivity contribution < 1.29 is 14.6 Å². The van der Waals surface area contributed by atoms with E-state index in [4.69, 9.17) is 9.84 Å². The molecule has 3 heteroatoms. The minimum atomic E-state index is -0.973. The Labute approximate surface area is 118 Å². The summed E-state index contributed by atoms with van der Waals surface area (Å²) in [4.78, 5) is 10.5. The molecule has 0 spiro atoms. The van der Waals surface area contributed by atoms with Crippen LogP contribution in [0.1, 0.15) is 16.7 Å². The van der Waals surface area contributed by atoms with Crippen LogP contribution < -0.4 is 4.74 Å². The first-order chi connectivity index (χ1) is 9.47. The van der Waals surface area contributed by atoms with Gasteiger partial charge >= 0.3 is 5.97 Å². The Morgan fingerprint density at radius 2 is 1.60 bits per heavy atom. The lowest BCUT2D eigenvalue weighted by molar-refractivity contribution is -0.139. The predicted molar refractivity (Wildman–Crippen MR) is 79.2 cm³/mol. The molecular formula is C17H18O3. The fourth-order valence-electron chi connectivity index (χ4n) is 2.50. The molecule has 2 aromatic rings. The molecule has 0 bridgehead atoms. The Balaban J connectivity index is 2.28. The third-order valence-electron chi connectivity index (χ3n) is 3.18. The van der Waals surface area contributed by atoms with Crippen molar-refractivity contribution in [1.82, 2.24) is 0 Å². The normalized spacial score (nSPS) is 10.3. The van der Waals surface area contributed by atoms with Gasteiger partial charge < -0.3 is 9.84 Å². The Hall–Kier alpha value is -2.29. The van der Waals surface area contributed by atoms with Gasteiger partial charge in [0, 0.05) is 0 Å². The zero-order valence-electron chi connectivity index (χ0n) is 11.9. The Morgan fingerprint density at radius 1 is 1.05 bits per heavy atom. The Morgan fingerprint density at radius 3 is 2.10 bits per heavy atom. The minimum absolute atomic E-state index is 0.318. The summed E-state index contributed by atoms with van der Waals surface area (Å²) in [6, 6.07) is 11.9. The van der Waals surface area contributed by atoms with Gasteiger partial charge in [-0.1, -0.05) is 29.8 Å². The average Bonchev–Trinajstić information content (AvgIpc) is 2.36. The molecule has 2 rings (SSSR count). The van der Waals surface area contributed by atoms with E-state index in [1.54, 1.807) is 12.1 Å². The summed E-state index contributed by atoms with van der Waals surface area (Å²) < 4.78 is 5.14. The number of aryl methyl sites for hydroxylation is 3. The van der Waals surface area contributed by atoms with Gasteiger partial charge in [0.2, 0.25) is 0 Å². The molecule has 0 aliphatic rings. The van der Waals surface area contributed by atoms with E-state index in [0.717, 1.165) is 5.56 Å². The maximum Gasteiger partial charge on any atom is 0.341 e. The van der Waals surface area contributed by atoms with Gasteiger partial charge in [0.1, 0.15) is 5.75 Å². The van der Waals surface area contributed by atoms with Crippen LogP contribution in [0.5, 0.6) is 5.75 Å². The number of rotatable bonds is 4. The van der Waals surface area contributed by atoms with Crippen molar-refractivity contribution in [1.29, 1.82) is 0 Å². The second-order valence-electron chi connectivity index (χ2n) is 4.98. The maximum atomic E-state index is 10.5. The summed E-state index contributed by atoms with van der Waals surface area (Å²) in [7, 11) is 0. The predicted octanol–water partition coefficient (Wildman–Crippen LogP) is 3.74. The van der Waals surface area contributed by atoms with Gasteiger partial charge in [-0.2, -0.15) is 0 Å². The molecule has 0 fully saturated rings. The van der Waals surface area contributed by atoms with E-state index < -0.39 is 5.97 Å². The molecule has 0 aliphatic carbocycles. The summed E-state index contributed by atoms with van der Waals surface area (Å²) >= 11 is 0. The number of aliphatic carboxylic acids is 1. The van der Waals surface area contributed by atoms with Crippen LogP contribution in [0.25, 0.3) is 11.1 Å². The fraction of sp³-hybridized carbons (Fsp3) is 0.235. The second kappa shape index (κ2) is 5.78. The molecule has 1 N–H and O–H groups in total. The van der Waals surface area contributed by atoms with Gasteiger partial charge in [-0.05, 0) is 55.2 Å². The smallest absolute Gasteiger partial charge is 0.341 e. The maximum absolute atomic E-state index is 10.5. The summed E-state index contributed by atoms with van der Waals surface area (Å²) in [5, 5.41) is 8.58. The zero-order chi connectivity index (χ0) is 14.7. The third-order valence-corrected chi connectivity index (χ3v) is 3.18. The molecule has 0 aromatic heterocycles. The number of carboxylic acids is 1. The van der Waals surface area contributed by atoms with Crippen LogP contribution in [-0.2, 0) is 4.79 Å². The first kappa shape index (κ1) is 14.1. The molecule has 104 valence electrons. The van der Waals surface area contributed by atoms with E-state index in [2.05, 4.69) is 32.9 Å². The molecular weight excluding hydrogens is 252 g/mol. The highest BCUT2D eigenvalue weighted by Gasteiger charge is 2.07. The molecule has 0 unspecified atom stereocenters. The van der Waals surface area contributed by atoms with Gasteiger partial charge in [0.25, 0.3) is 0 Å². The molecule has 0 saturated heterocycles. The lowest BCUT2D eigenvalue weighted by atomic mass is 9.94. The van der Waals surface area contributed by atoms with Gasteiger partial charge in [0.05, 0.1) is 0 Å². The monoisotopic (exact) mass is 270 g/mol. The zero-order valence-corrected chi connectivity index (χ0v) is 11.9. The van der Waals surface area contributed by atoms with Crippen molar-refractivity contribution in [2.45, 2.75) is 20.8 Å². The summed E-state index contributed by atoms with van der Waals surface area (Å²) in [6.07, 6.45) is 0. The van der Waals surface area contributed by atoms with E-state index >= 15 is 0 Å². The molecule has 0 radical (unpaired) electrons. The van der Waals surface area contributed by atoms with Crippen LogP contribution in [0.15, 0.2) is 36.4 Å². The molecule has 2 aromatic carbocycles. The van der Waals surface area contributed by atoms with E-state index in [1.165, 1.54) is 22.3 Å². The number of hydrogen-bond donors (Lipinski definition) is 1. The van der Waals surface area contributed by atoms with Crippen LogP contribution in [0, 0.1) is 20.8 Å². The topological polar surface area (TPSA) is 46.5 Å². The second-order valence-corrected chi connectivity index (χ2v) is 4.98. The van der Waals surface area contributed by atoms with Crippen molar-refractivity contribution in [3.05, 3.63) is 53.1 Å². The molecule has 0 saturated carbocycles. The highest BCUT2D eigenvalue weighted by Crippen LogP contribution is 2.29. The van der Waals surface area contributed by atoms with Crippen molar-refractivity contribution in [2.75, 3.05) is 6.61 Å². The van der Waals surface area contributed by atoms with Crippen LogP contribution >= 0.6 is 0 Å². The fourth-order valence-corrected chi connectivity index (χ4v) is 2.50. The molecule has 3 nitrogen and oxygen atoms in total. The first-order valence-corrected chi connectivity index (χ1v) is 6.50. The van der Waals surface area contributed by atoms with Gasteiger partial charge in [0.15, 0.2) is 6.61 Å². The number of carboxylic acid groups (broad SMARTS) is 1. The lowest BCUT2D eigenvalue weighted by Crippen LogP contribution is -2.09. The lowest BCUT2D eigenvalue weighted by Gasteiger charge is -2.12. The molecule has 20 heavy (non-hydrogen) atoms. The molecule has 0 aliphatic heterocycles. The largest absolute Gasteiger partial charge is 0.482 e. The van der Waals surface area contributed by atoms with Crippen molar-refractivity contribution in [3.63, 3.8) is 0 Å². The number of carbonyl (C=O) groups is 1. The summed E-state index contributed by atoms with van der Waals surface area (Å²) in [5.41, 5.74) is 6.07. The standard InChI is InChI=1S/C17H18O3/c1-11-8-12(2)17(13(3)9-11)14-4-6-15(7-5-14)20-10-16(18)19/h4-9H,10H2,1-3H3,(H,18,19). The van der Waals surface area contributed by atoms with Crippen molar-refractivity contribution in [3.8, 4) is 16.9 Å². The highest BCUT2D eigenvalue weighted by atomic mass is 16.5. The van der Waals surface area contributed by atoms with Crippen LogP contribution in [-0.4, -0.2) is 17.7 Å². The van der Waals surface area contributed by atoms with Gasteiger partial charge in [-0.15, -0.1) is 0 Å². The van der Waals surface area contributed by atoms with Gasteiger partial charge in [-0.25, -0.2) is 4.79 Å². The SMILES string of the molecule is Cc1cc(C)c(-c2ccc(OCC(=O)O)cc2)c(C)c1. The third kappa shape index (κ3) is 3.18. The van der Waals surface area contributed by atoms with E-state index in [9.17, 15) is 4.79 Å². The summed E-state index contributed by atoms with van der Waals surface area (Å²) in [5.74, 6) is -0.405. The number of hydrogen-bond acceptors (Lipinski definition) is 2. The van der Waals surface area contributed by atoms with Crippen molar-refractivity contribution in [2.24, 2.45) is 0 Å². The van der Waals surface area contributed by atoms with Crippen LogP contribution in [0.4, 0.5) is 0 Å². The number of benzene rings is 2. The first-order valence-electron chi connectivity index (χ1n) is 6.50. The molecule has 0 atom stereocenters. The van der Waals surface area contributed by atoms with E-state index in [0.29, 0.717) is 5.75 Å². The minimum Gasteiger partial charge on any atom is -0.482 e. The average molecular weight is 270 g/mol. The van der Waals surface area contributed by atoms with E-state index in [1.807, 2.05) is 12.1 Å². The Kier molecular flexibility index (Phi) is 4.08. The highest BCUT2D eigenvalue weighted by molar-refractivity contribution is 5.72. The van der Waals surface area contributed by atoms with Crippen LogP contribution in [0.2, 0.25) is 0 Å². The Bertz CT molecular complexity index is 604.